The van der Waals surface area contributed by atoms with E-state index in [0.717, 1.165) is 17.6 Å². The number of amides is 1. The molecule has 0 spiro atoms. The van der Waals surface area contributed by atoms with E-state index < -0.39 is 10.0 Å². The second-order valence-corrected chi connectivity index (χ2v) is 7.41. The number of hydrogen-bond acceptors (Lipinski definition) is 6. The van der Waals surface area contributed by atoms with Gasteiger partial charge in [-0.3, -0.25) is 9.52 Å². The van der Waals surface area contributed by atoms with Gasteiger partial charge in [0.1, 0.15) is 0 Å². The van der Waals surface area contributed by atoms with Gasteiger partial charge in [-0.05, 0) is 25.1 Å². The lowest BCUT2D eigenvalue weighted by atomic mass is 10.2. The van der Waals surface area contributed by atoms with Gasteiger partial charge in [-0.25, -0.2) is 13.4 Å². The number of nitrogens with zero attached hydrogens (tertiary/aromatic N) is 1. The van der Waals surface area contributed by atoms with E-state index in [1.165, 1.54) is 0 Å². The van der Waals surface area contributed by atoms with Gasteiger partial charge in [-0.15, -0.1) is 0 Å². The van der Waals surface area contributed by atoms with Crippen molar-refractivity contribution in [2.24, 2.45) is 0 Å². The zero-order valence-corrected chi connectivity index (χ0v) is 13.1. The van der Waals surface area contributed by atoms with E-state index in [2.05, 4.69) is 15.0 Å². The van der Waals surface area contributed by atoms with Gasteiger partial charge in [-0.2, -0.15) is 0 Å². The number of benzene rings is 1. The summed E-state index contributed by atoms with van der Waals surface area (Å²) in [4.78, 5) is 16.1. The SMILES string of the molecule is C[C@@H](CO)NC(=O)c1ccc2nc(NS(C)(=O)=O)sc2c1. The van der Waals surface area contributed by atoms with E-state index in [9.17, 15) is 13.2 Å². The Morgan fingerprint density at radius 2 is 2.19 bits per heavy atom. The Bertz CT molecular complexity index is 770. The maximum Gasteiger partial charge on any atom is 0.251 e. The van der Waals surface area contributed by atoms with E-state index in [1.807, 2.05) is 0 Å². The molecular weight excluding hydrogens is 314 g/mol. The summed E-state index contributed by atoms with van der Waals surface area (Å²) >= 11 is 1.15. The van der Waals surface area contributed by atoms with Crippen LogP contribution in [0.4, 0.5) is 5.13 Å². The molecule has 1 aromatic carbocycles. The number of aliphatic hydroxyl groups is 1. The Morgan fingerprint density at radius 3 is 2.81 bits per heavy atom. The second-order valence-electron chi connectivity index (χ2n) is 4.63. The summed E-state index contributed by atoms with van der Waals surface area (Å²) in [5, 5.41) is 11.8. The highest BCUT2D eigenvalue weighted by molar-refractivity contribution is 7.92. The molecule has 0 bridgehead atoms. The third-order valence-corrected chi connectivity index (χ3v) is 4.20. The van der Waals surface area contributed by atoms with Crippen LogP contribution in [-0.4, -0.2) is 43.3 Å². The number of nitrogens with one attached hydrogen (secondary N) is 2. The van der Waals surface area contributed by atoms with Gasteiger partial charge in [0.25, 0.3) is 5.91 Å². The first-order valence-corrected chi connectivity index (χ1v) is 8.79. The Balaban J connectivity index is 2.27. The number of carbonyl (C=O) groups excluding carboxylic acids is 1. The average Bonchev–Trinajstić information content (AvgIpc) is 2.76. The number of aromatic nitrogens is 1. The van der Waals surface area contributed by atoms with Gasteiger partial charge < -0.3 is 10.4 Å². The minimum Gasteiger partial charge on any atom is -0.394 e. The van der Waals surface area contributed by atoms with Crippen molar-refractivity contribution in [2.75, 3.05) is 17.6 Å². The molecule has 0 fully saturated rings. The summed E-state index contributed by atoms with van der Waals surface area (Å²) in [6.07, 6.45) is 1.05. The molecule has 0 radical (unpaired) electrons. The van der Waals surface area contributed by atoms with Gasteiger partial charge in [0.05, 0.1) is 23.1 Å². The minimum atomic E-state index is -3.38. The molecule has 0 saturated heterocycles. The van der Waals surface area contributed by atoms with Crippen LogP contribution >= 0.6 is 11.3 Å². The van der Waals surface area contributed by atoms with Crippen molar-refractivity contribution < 1.29 is 18.3 Å². The molecule has 9 heteroatoms. The molecule has 0 unspecified atom stereocenters. The van der Waals surface area contributed by atoms with Crippen molar-refractivity contribution in [1.82, 2.24) is 10.3 Å². The number of thiazole rings is 1. The zero-order valence-electron chi connectivity index (χ0n) is 11.5. The van der Waals surface area contributed by atoms with Crippen LogP contribution in [0.5, 0.6) is 0 Å². The molecular formula is C12H15N3O4S2. The van der Waals surface area contributed by atoms with E-state index in [1.54, 1.807) is 25.1 Å². The summed E-state index contributed by atoms with van der Waals surface area (Å²) in [5.74, 6) is -0.301. The predicted molar refractivity (Wildman–Crippen MR) is 82.1 cm³/mol. The van der Waals surface area contributed by atoms with E-state index in [-0.39, 0.29) is 23.7 Å². The topological polar surface area (TPSA) is 108 Å². The fourth-order valence-electron chi connectivity index (χ4n) is 1.62. The van der Waals surface area contributed by atoms with Crippen molar-refractivity contribution in [3.05, 3.63) is 23.8 Å². The molecule has 0 saturated carbocycles. The zero-order chi connectivity index (χ0) is 15.6. The molecule has 21 heavy (non-hydrogen) atoms. The number of aliphatic hydroxyl groups excluding tert-OH is 1. The highest BCUT2D eigenvalue weighted by Gasteiger charge is 2.12. The van der Waals surface area contributed by atoms with Crippen molar-refractivity contribution in [2.45, 2.75) is 13.0 Å². The monoisotopic (exact) mass is 329 g/mol. The Morgan fingerprint density at radius 1 is 1.48 bits per heavy atom. The summed E-state index contributed by atoms with van der Waals surface area (Å²) in [5.41, 5.74) is 1.04. The average molecular weight is 329 g/mol. The van der Waals surface area contributed by atoms with Crippen molar-refractivity contribution in [1.29, 1.82) is 0 Å². The van der Waals surface area contributed by atoms with Gasteiger partial charge in [0.15, 0.2) is 5.13 Å². The highest BCUT2D eigenvalue weighted by atomic mass is 32.2. The van der Waals surface area contributed by atoms with Gasteiger partial charge >= 0.3 is 0 Å². The van der Waals surface area contributed by atoms with Crippen LogP contribution in [0.3, 0.4) is 0 Å². The fourth-order valence-corrected chi connectivity index (χ4v) is 3.36. The molecule has 1 amide bonds. The number of anilines is 1. The van der Waals surface area contributed by atoms with Crippen molar-refractivity contribution in [3.63, 3.8) is 0 Å². The summed E-state index contributed by atoms with van der Waals surface area (Å²) < 4.78 is 25.4. The fraction of sp³-hybridized carbons (Fsp3) is 0.333. The van der Waals surface area contributed by atoms with E-state index in [4.69, 9.17) is 5.11 Å². The Hall–Kier alpha value is -1.71. The first-order chi connectivity index (χ1) is 9.78. The minimum absolute atomic E-state index is 0.142. The summed E-state index contributed by atoms with van der Waals surface area (Å²) in [6.45, 7) is 1.55. The van der Waals surface area contributed by atoms with Crippen molar-refractivity contribution in [3.8, 4) is 0 Å². The van der Waals surface area contributed by atoms with Crippen LogP contribution in [0.2, 0.25) is 0 Å². The first-order valence-electron chi connectivity index (χ1n) is 6.08. The quantitative estimate of drug-likeness (QED) is 0.751. The molecule has 7 nitrogen and oxygen atoms in total. The molecule has 1 aromatic heterocycles. The van der Waals surface area contributed by atoms with Crippen LogP contribution < -0.4 is 10.0 Å². The van der Waals surface area contributed by atoms with Crippen LogP contribution in [-0.2, 0) is 10.0 Å². The number of sulfonamides is 1. The smallest absolute Gasteiger partial charge is 0.251 e. The lowest BCUT2D eigenvalue weighted by Crippen LogP contribution is -2.34. The number of rotatable bonds is 5. The van der Waals surface area contributed by atoms with Crippen LogP contribution in [0.15, 0.2) is 18.2 Å². The van der Waals surface area contributed by atoms with Crippen LogP contribution in [0, 0.1) is 0 Å². The highest BCUT2D eigenvalue weighted by Crippen LogP contribution is 2.27. The molecule has 1 atom stereocenters. The van der Waals surface area contributed by atoms with Crippen LogP contribution in [0.25, 0.3) is 10.2 Å². The predicted octanol–water partition coefficient (Wildman–Crippen LogP) is 0.778. The molecule has 2 aromatic rings. The summed E-state index contributed by atoms with van der Waals surface area (Å²) in [6, 6.07) is 4.56. The molecule has 0 aliphatic heterocycles. The lowest BCUT2D eigenvalue weighted by molar-refractivity contribution is 0.0922. The first kappa shape index (κ1) is 15.7. The maximum absolute atomic E-state index is 11.9. The molecule has 0 aliphatic rings. The number of hydrogen-bond donors (Lipinski definition) is 3. The van der Waals surface area contributed by atoms with Gasteiger partial charge in [0.2, 0.25) is 10.0 Å². The summed E-state index contributed by atoms with van der Waals surface area (Å²) in [7, 11) is -3.38. The van der Waals surface area contributed by atoms with Gasteiger partial charge in [0, 0.05) is 11.6 Å². The lowest BCUT2D eigenvalue weighted by Gasteiger charge is -2.10. The normalized spacial score (nSPS) is 13.1. The van der Waals surface area contributed by atoms with E-state index >= 15 is 0 Å². The number of fused-ring (bicyclic) bond motifs is 1. The standard InChI is InChI=1S/C12H15N3O4S2/c1-7(6-16)13-11(17)8-3-4-9-10(5-8)20-12(14-9)15-21(2,18)19/h3-5,7,16H,6H2,1-2H3,(H,13,17)(H,14,15)/t7-/m0/s1. The molecule has 2 rings (SSSR count). The molecule has 1 heterocycles. The molecule has 3 N–H and O–H groups in total. The van der Waals surface area contributed by atoms with Crippen molar-refractivity contribution >= 4 is 42.6 Å². The molecule has 0 aliphatic carbocycles. The Labute approximate surface area is 126 Å². The second kappa shape index (κ2) is 5.96. The third kappa shape index (κ3) is 4.13. The van der Waals surface area contributed by atoms with Gasteiger partial charge in [-0.1, -0.05) is 11.3 Å². The largest absolute Gasteiger partial charge is 0.394 e. The molecule has 114 valence electrons. The van der Waals surface area contributed by atoms with E-state index in [0.29, 0.717) is 15.8 Å². The maximum atomic E-state index is 11.9. The third-order valence-electron chi connectivity index (χ3n) is 2.57. The Kier molecular flexibility index (Phi) is 4.45. The number of carbonyl (C=O) groups is 1. The van der Waals surface area contributed by atoms with Crippen LogP contribution in [0.1, 0.15) is 17.3 Å².